The lowest BCUT2D eigenvalue weighted by Gasteiger charge is -2.10. The summed E-state index contributed by atoms with van der Waals surface area (Å²) in [5.41, 5.74) is 0.958. The molecule has 0 N–H and O–H groups in total. The van der Waals surface area contributed by atoms with E-state index in [1.807, 2.05) is 36.4 Å². The highest BCUT2D eigenvalue weighted by Crippen LogP contribution is 2.24. The number of fused-ring (bicyclic) bond motifs is 1. The van der Waals surface area contributed by atoms with Crippen LogP contribution in [0.5, 0.6) is 5.75 Å². The molecule has 2 rings (SSSR count). The van der Waals surface area contributed by atoms with E-state index >= 15 is 0 Å². The molecule has 0 radical (unpaired) electrons. The van der Waals surface area contributed by atoms with Crippen LogP contribution in [0.3, 0.4) is 0 Å². The first kappa shape index (κ1) is 14.1. The number of amides is 1. The molecule has 104 valence electrons. The van der Waals surface area contributed by atoms with Crippen LogP contribution in [0.4, 0.5) is 0 Å². The first-order valence-electron chi connectivity index (χ1n) is 6.22. The summed E-state index contributed by atoms with van der Waals surface area (Å²) in [4.78, 5) is 16.5. The summed E-state index contributed by atoms with van der Waals surface area (Å²) in [6.07, 6.45) is 3.26. The molecule has 0 saturated heterocycles. The fourth-order valence-corrected chi connectivity index (χ4v) is 1.90. The molecule has 0 unspecified atom stereocenters. The molecule has 0 saturated carbocycles. The molecule has 0 fully saturated rings. The largest absolute Gasteiger partial charge is 0.497 e. The van der Waals surface area contributed by atoms with Gasteiger partial charge in [0, 0.05) is 13.1 Å². The van der Waals surface area contributed by atoms with Crippen molar-refractivity contribution in [3.05, 3.63) is 48.0 Å². The zero-order valence-electron chi connectivity index (χ0n) is 11.8. The lowest BCUT2D eigenvalue weighted by atomic mass is 10.0. The Morgan fingerprint density at radius 2 is 2.00 bits per heavy atom. The van der Waals surface area contributed by atoms with Crippen molar-refractivity contribution in [2.75, 3.05) is 21.3 Å². The molecule has 1 amide bonds. The molecule has 4 heteroatoms. The number of ether oxygens (including phenoxy) is 1. The fourth-order valence-electron chi connectivity index (χ4n) is 1.90. The molecule has 0 spiro atoms. The summed E-state index contributed by atoms with van der Waals surface area (Å²) in [6, 6.07) is 11.8. The summed E-state index contributed by atoms with van der Waals surface area (Å²) < 4.78 is 5.24. The zero-order chi connectivity index (χ0) is 14.5. The number of hydrogen-bond donors (Lipinski definition) is 0. The van der Waals surface area contributed by atoms with E-state index in [0.717, 1.165) is 22.1 Å². The van der Waals surface area contributed by atoms with E-state index in [4.69, 9.17) is 9.57 Å². The SMILES string of the molecule is COc1ccc2cccc(C=CC(=O)N(C)OC)c2c1. The van der Waals surface area contributed by atoms with Crippen LogP contribution in [0, 0.1) is 0 Å². The Labute approximate surface area is 118 Å². The van der Waals surface area contributed by atoms with E-state index < -0.39 is 0 Å². The number of likely N-dealkylation sites (N-methyl/N-ethyl adjacent to an activating group) is 1. The van der Waals surface area contributed by atoms with Gasteiger partial charge in [0.15, 0.2) is 0 Å². The predicted octanol–water partition coefficient (Wildman–Crippen LogP) is 2.88. The van der Waals surface area contributed by atoms with Crippen molar-refractivity contribution < 1.29 is 14.4 Å². The van der Waals surface area contributed by atoms with Gasteiger partial charge in [-0.15, -0.1) is 0 Å². The second-order valence-corrected chi connectivity index (χ2v) is 4.29. The van der Waals surface area contributed by atoms with Gasteiger partial charge in [0.1, 0.15) is 5.75 Å². The topological polar surface area (TPSA) is 38.8 Å². The lowest BCUT2D eigenvalue weighted by molar-refractivity contribution is -0.162. The van der Waals surface area contributed by atoms with Crippen molar-refractivity contribution in [2.45, 2.75) is 0 Å². The van der Waals surface area contributed by atoms with Crippen LogP contribution in [-0.2, 0) is 9.63 Å². The van der Waals surface area contributed by atoms with Gasteiger partial charge in [0.05, 0.1) is 14.2 Å². The molecule has 0 aliphatic carbocycles. The second kappa shape index (κ2) is 6.21. The van der Waals surface area contributed by atoms with Crippen LogP contribution >= 0.6 is 0 Å². The van der Waals surface area contributed by atoms with Crippen molar-refractivity contribution in [2.24, 2.45) is 0 Å². The molecule has 2 aromatic carbocycles. The molecule has 0 bridgehead atoms. The number of benzene rings is 2. The van der Waals surface area contributed by atoms with Crippen molar-refractivity contribution >= 4 is 22.8 Å². The van der Waals surface area contributed by atoms with Gasteiger partial charge in [0.2, 0.25) is 0 Å². The third-order valence-electron chi connectivity index (χ3n) is 3.11. The highest BCUT2D eigenvalue weighted by molar-refractivity contribution is 5.96. The molecule has 0 aliphatic heterocycles. The van der Waals surface area contributed by atoms with Crippen molar-refractivity contribution in [3.63, 3.8) is 0 Å². The summed E-state index contributed by atoms with van der Waals surface area (Å²) in [6.45, 7) is 0. The maximum atomic E-state index is 11.7. The van der Waals surface area contributed by atoms with Crippen molar-refractivity contribution in [3.8, 4) is 5.75 Å². The summed E-state index contributed by atoms with van der Waals surface area (Å²) in [7, 11) is 4.66. The van der Waals surface area contributed by atoms with Gasteiger partial charge in [0.25, 0.3) is 5.91 Å². The molecular formula is C16H17NO3. The maximum absolute atomic E-state index is 11.7. The average Bonchev–Trinajstić information content (AvgIpc) is 2.51. The smallest absolute Gasteiger partial charge is 0.269 e. The van der Waals surface area contributed by atoms with Crippen LogP contribution in [0.1, 0.15) is 5.56 Å². The number of carbonyl (C=O) groups is 1. The van der Waals surface area contributed by atoms with Crippen LogP contribution in [0.15, 0.2) is 42.5 Å². The molecule has 20 heavy (non-hydrogen) atoms. The monoisotopic (exact) mass is 271 g/mol. The number of hydrogen-bond acceptors (Lipinski definition) is 3. The minimum absolute atomic E-state index is 0.215. The number of rotatable bonds is 4. The first-order valence-corrected chi connectivity index (χ1v) is 6.22. The molecular weight excluding hydrogens is 254 g/mol. The fraction of sp³-hybridized carbons (Fsp3) is 0.188. The Morgan fingerprint density at radius 1 is 1.20 bits per heavy atom. The van der Waals surface area contributed by atoms with Crippen LogP contribution < -0.4 is 4.74 Å². The lowest BCUT2D eigenvalue weighted by Crippen LogP contribution is -2.22. The molecule has 2 aromatic rings. The van der Waals surface area contributed by atoms with E-state index in [-0.39, 0.29) is 5.91 Å². The molecule has 0 heterocycles. The Kier molecular flexibility index (Phi) is 4.38. The van der Waals surface area contributed by atoms with Gasteiger partial charge < -0.3 is 4.74 Å². The molecule has 4 nitrogen and oxygen atoms in total. The molecule has 0 aliphatic rings. The normalized spacial score (nSPS) is 10.9. The molecule has 0 aromatic heterocycles. The highest BCUT2D eigenvalue weighted by Gasteiger charge is 2.04. The number of hydroxylamine groups is 2. The van der Waals surface area contributed by atoms with Crippen LogP contribution in [0.2, 0.25) is 0 Å². The Balaban J connectivity index is 2.39. The standard InChI is InChI=1S/C16H17NO3/c1-17(20-3)16(18)10-8-13-6-4-5-12-7-9-14(19-2)11-15(12)13/h4-11H,1-3H3. The summed E-state index contributed by atoms with van der Waals surface area (Å²) in [5.74, 6) is 0.575. The Hall–Kier alpha value is -2.33. The summed E-state index contributed by atoms with van der Waals surface area (Å²) in [5, 5.41) is 3.30. The number of methoxy groups -OCH3 is 1. The summed E-state index contributed by atoms with van der Waals surface area (Å²) >= 11 is 0. The minimum Gasteiger partial charge on any atom is -0.497 e. The van der Waals surface area contributed by atoms with E-state index in [1.54, 1.807) is 20.2 Å². The quantitative estimate of drug-likeness (QED) is 0.634. The highest BCUT2D eigenvalue weighted by atomic mass is 16.7. The van der Waals surface area contributed by atoms with Gasteiger partial charge >= 0.3 is 0 Å². The van der Waals surface area contributed by atoms with Crippen LogP contribution in [-0.4, -0.2) is 32.2 Å². The van der Waals surface area contributed by atoms with Gasteiger partial charge in [-0.05, 0) is 34.5 Å². The number of nitrogens with zero attached hydrogens (tertiary/aromatic N) is 1. The zero-order valence-corrected chi connectivity index (χ0v) is 11.8. The van der Waals surface area contributed by atoms with E-state index in [9.17, 15) is 4.79 Å². The van der Waals surface area contributed by atoms with Crippen molar-refractivity contribution in [1.29, 1.82) is 0 Å². The second-order valence-electron chi connectivity index (χ2n) is 4.29. The first-order chi connectivity index (χ1) is 9.65. The van der Waals surface area contributed by atoms with Gasteiger partial charge in [-0.3, -0.25) is 9.63 Å². The van der Waals surface area contributed by atoms with Crippen molar-refractivity contribution in [1.82, 2.24) is 5.06 Å². The average molecular weight is 271 g/mol. The van der Waals surface area contributed by atoms with Gasteiger partial charge in [-0.2, -0.15) is 0 Å². The molecule has 0 atom stereocenters. The van der Waals surface area contributed by atoms with E-state index in [2.05, 4.69) is 0 Å². The maximum Gasteiger partial charge on any atom is 0.269 e. The Morgan fingerprint density at radius 3 is 2.70 bits per heavy atom. The minimum atomic E-state index is -0.215. The van der Waals surface area contributed by atoms with Gasteiger partial charge in [-0.1, -0.05) is 24.3 Å². The predicted molar refractivity (Wildman–Crippen MR) is 79.3 cm³/mol. The van der Waals surface area contributed by atoms with E-state index in [0.29, 0.717) is 0 Å². The third kappa shape index (κ3) is 2.97. The third-order valence-corrected chi connectivity index (χ3v) is 3.11. The van der Waals surface area contributed by atoms with E-state index in [1.165, 1.54) is 18.2 Å². The number of carbonyl (C=O) groups excluding carboxylic acids is 1. The van der Waals surface area contributed by atoms with Crippen LogP contribution in [0.25, 0.3) is 16.8 Å². The van der Waals surface area contributed by atoms with Gasteiger partial charge in [-0.25, -0.2) is 5.06 Å². The Bertz CT molecular complexity index is 649.